The lowest BCUT2D eigenvalue weighted by atomic mass is 9.90. The van der Waals surface area contributed by atoms with Gasteiger partial charge in [0, 0.05) is 6.20 Å². The fourth-order valence-electron chi connectivity index (χ4n) is 0.938. The zero-order chi connectivity index (χ0) is 10.1. The monoisotopic (exact) mass is 194 g/mol. The zero-order valence-electron chi connectivity index (χ0n) is 7.93. The van der Waals surface area contributed by atoms with Gasteiger partial charge in [0.2, 0.25) is 0 Å². The summed E-state index contributed by atoms with van der Waals surface area (Å²) in [5.74, 6) is 0. The second kappa shape index (κ2) is 3.35. The molecule has 0 saturated heterocycles. The van der Waals surface area contributed by atoms with Gasteiger partial charge in [0.1, 0.15) is 0 Å². The van der Waals surface area contributed by atoms with E-state index in [1.54, 1.807) is 6.20 Å². The standard InChI is InChI=1S/C10H11ClN2/c1-7-4-9(10(2,3)6-12)13-5-8(7)11/h4-5H,1-3H3. The van der Waals surface area contributed by atoms with Crippen LogP contribution in [-0.4, -0.2) is 4.98 Å². The van der Waals surface area contributed by atoms with Crippen molar-refractivity contribution in [2.24, 2.45) is 0 Å². The summed E-state index contributed by atoms with van der Waals surface area (Å²) in [5.41, 5.74) is 1.17. The van der Waals surface area contributed by atoms with E-state index in [9.17, 15) is 0 Å². The van der Waals surface area contributed by atoms with Crippen LogP contribution in [0.4, 0.5) is 0 Å². The van der Waals surface area contributed by atoms with Gasteiger partial charge in [0.25, 0.3) is 0 Å². The third kappa shape index (κ3) is 1.99. The van der Waals surface area contributed by atoms with E-state index in [0.29, 0.717) is 5.02 Å². The van der Waals surface area contributed by atoms with E-state index in [0.717, 1.165) is 11.3 Å². The number of pyridine rings is 1. The van der Waals surface area contributed by atoms with Gasteiger partial charge < -0.3 is 0 Å². The van der Waals surface area contributed by atoms with Crippen molar-refractivity contribution in [2.45, 2.75) is 26.2 Å². The quantitative estimate of drug-likeness (QED) is 0.690. The predicted octanol–water partition coefficient (Wildman–Crippen LogP) is 2.84. The summed E-state index contributed by atoms with van der Waals surface area (Å²) in [6.45, 7) is 5.58. The Hall–Kier alpha value is -1.07. The number of nitriles is 1. The summed E-state index contributed by atoms with van der Waals surface area (Å²) in [5, 5.41) is 9.52. The maximum Gasteiger partial charge on any atom is 0.0937 e. The summed E-state index contributed by atoms with van der Waals surface area (Å²) in [6, 6.07) is 4.05. The smallest absolute Gasteiger partial charge is 0.0937 e. The molecule has 0 aromatic carbocycles. The van der Waals surface area contributed by atoms with Crippen molar-refractivity contribution >= 4 is 11.6 Å². The van der Waals surface area contributed by atoms with E-state index in [2.05, 4.69) is 11.1 Å². The molecule has 1 aromatic rings. The highest BCUT2D eigenvalue weighted by Gasteiger charge is 2.21. The Labute approximate surface area is 83.2 Å². The Morgan fingerprint density at radius 2 is 2.15 bits per heavy atom. The molecule has 13 heavy (non-hydrogen) atoms. The fourth-order valence-corrected chi connectivity index (χ4v) is 1.04. The molecular formula is C10H11ClN2. The summed E-state index contributed by atoms with van der Waals surface area (Å²) >= 11 is 5.83. The molecule has 68 valence electrons. The van der Waals surface area contributed by atoms with E-state index in [4.69, 9.17) is 16.9 Å². The van der Waals surface area contributed by atoms with Crippen LogP contribution >= 0.6 is 11.6 Å². The number of aryl methyl sites for hydroxylation is 1. The molecule has 0 bridgehead atoms. The van der Waals surface area contributed by atoms with Crippen LogP contribution in [0.15, 0.2) is 12.3 Å². The second-order valence-electron chi connectivity index (χ2n) is 3.56. The Balaban J connectivity index is 3.20. The van der Waals surface area contributed by atoms with Gasteiger partial charge in [0.05, 0.1) is 22.2 Å². The van der Waals surface area contributed by atoms with Gasteiger partial charge in [-0.1, -0.05) is 11.6 Å². The van der Waals surface area contributed by atoms with Gasteiger partial charge in [-0.15, -0.1) is 0 Å². The van der Waals surface area contributed by atoms with Crippen LogP contribution in [0.25, 0.3) is 0 Å². The molecule has 0 saturated carbocycles. The van der Waals surface area contributed by atoms with Crippen LogP contribution in [-0.2, 0) is 5.41 Å². The van der Waals surface area contributed by atoms with E-state index in [-0.39, 0.29) is 0 Å². The average Bonchev–Trinajstić information content (AvgIpc) is 2.09. The predicted molar refractivity (Wildman–Crippen MR) is 52.6 cm³/mol. The summed E-state index contributed by atoms with van der Waals surface area (Å²) in [6.07, 6.45) is 1.59. The normalized spacial score (nSPS) is 11.0. The van der Waals surface area contributed by atoms with Gasteiger partial charge >= 0.3 is 0 Å². The van der Waals surface area contributed by atoms with Gasteiger partial charge in [-0.25, -0.2) is 0 Å². The van der Waals surface area contributed by atoms with Gasteiger partial charge in [-0.05, 0) is 32.4 Å². The van der Waals surface area contributed by atoms with E-state index in [1.165, 1.54) is 0 Å². The lowest BCUT2D eigenvalue weighted by Crippen LogP contribution is -2.15. The highest BCUT2D eigenvalue weighted by molar-refractivity contribution is 6.31. The molecule has 2 nitrogen and oxygen atoms in total. The van der Waals surface area contributed by atoms with Crippen LogP contribution in [0.2, 0.25) is 5.02 Å². The molecule has 0 fully saturated rings. The third-order valence-corrected chi connectivity index (χ3v) is 2.36. The van der Waals surface area contributed by atoms with Crippen LogP contribution < -0.4 is 0 Å². The molecule has 0 aliphatic heterocycles. The van der Waals surface area contributed by atoms with Crippen molar-refractivity contribution in [1.82, 2.24) is 4.98 Å². The zero-order valence-corrected chi connectivity index (χ0v) is 8.68. The third-order valence-electron chi connectivity index (χ3n) is 1.97. The number of nitrogens with zero attached hydrogens (tertiary/aromatic N) is 2. The molecule has 0 aliphatic rings. The molecule has 0 radical (unpaired) electrons. The van der Waals surface area contributed by atoms with Crippen LogP contribution in [0, 0.1) is 18.3 Å². The number of hydrogen-bond donors (Lipinski definition) is 0. The minimum absolute atomic E-state index is 0.546. The molecule has 1 heterocycles. The average molecular weight is 195 g/mol. The first-order valence-electron chi connectivity index (χ1n) is 4.01. The highest BCUT2D eigenvalue weighted by Crippen LogP contribution is 2.23. The van der Waals surface area contributed by atoms with Gasteiger partial charge in [0.15, 0.2) is 0 Å². The van der Waals surface area contributed by atoms with Crippen molar-refractivity contribution in [1.29, 1.82) is 5.26 Å². The number of aromatic nitrogens is 1. The first-order valence-corrected chi connectivity index (χ1v) is 4.39. The van der Waals surface area contributed by atoms with Gasteiger partial charge in [-0.3, -0.25) is 4.98 Å². The molecule has 0 N–H and O–H groups in total. The maximum absolute atomic E-state index is 8.88. The minimum atomic E-state index is -0.546. The fraction of sp³-hybridized carbons (Fsp3) is 0.400. The summed E-state index contributed by atoms with van der Waals surface area (Å²) in [4.78, 5) is 4.13. The Morgan fingerprint density at radius 1 is 1.54 bits per heavy atom. The number of rotatable bonds is 1. The lowest BCUT2D eigenvalue weighted by molar-refractivity contribution is 0.658. The van der Waals surface area contributed by atoms with E-state index >= 15 is 0 Å². The Kier molecular flexibility index (Phi) is 2.58. The maximum atomic E-state index is 8.88. The molecule has 0 amide bonds. The minimum Gasteiger partial charge on any atom is -0.258 e. The van der Waals surface area contributed by atoms with Crippen molar-refractivity contribution in [3.8, 4) is 6.07 Å². The first kappa shape index (κ1) is 10.0. The van der Waals surface area contributed by atoms with Crippen molar-refractivity contribution in [2.75, 3.05) is 0 Å². The topological polar surface area (TPSA) is 36.7 Å². The molecular weight excluding hydrogens is 184 g/mol. The Morgan fingerprint density at radius 3 is 2.62 bits per heavy atom. The lowest BCUT2D eigenvalue weighted by Gasteiger charge is -2.14. The molecule has 1 rings (SSSR count). The molecule has 1 aromatic heterocycles. The molecule has 0 unspecified atom stereocenters. The first-order chi connectivity index (χ1) is 5.97. The van der Waals surface area contributed by atoms with Crippen LogP contribution in [0.5, 0.6) is 0 Å². The molecule has 0 aliphatic carbocycles. The van der Waals surface area contributed by atoms with E-state index in [1.807, 2.05) is 26.8 Å². The van der Waals surface area contributed by atoms with Crippen molar-refractivity contribution in [3.63, 3.8) is 0 Å². The summed E-state index contributed by atoms with van der Waals surface area (Å²) < 4.78 is 0. The van der Waals surface area contributed by atoms with Crippen LogP contribution in [0.1, 0.15) is 25.1 Å². The van der Waals surface area contributed by atoms with E-state index < -0.39 is 5.41 Å². The highest BCUT2D eigenvalue weighted by atomic mass is 35.5. The van der Waals surface area contributed by atoms with Crippen LogP contribution in [0.3, 0.4) is 0 Å². The summed E-state index contributed by atoms with van der Waals surface area (Å²) in [7, 11) is 0. The number of hydrogen-bond acceptors (Lipinski definition) is 2. The van der Waals surface area contributed by atoms with Gasteiger partial charge in [-0.2, -0.15) is 5.26 Å². The molecule has 3 heteroatoms. The molecule has 0 spiro atoms. The largest absolute Gasteiger partial charge is 0.258 e. The molecule has 0 atom stereocenters. The Bertz CT molecular complexity index is 364. The van der Waals surface area contributed by atoms with Crippen molar-refractivity contribution in [3.05, 3.63) is 28.5 Å². The SMILES string of the molecule is Cc1cc(C(C)(C)C#N)ncc1Cl. The van der Waals surface area contributed by atoms with Crippen molar-refractivity contribution < 1.29 is 0 Å². The number of halogens is 1. The second-order valence-corrected chi connectivity index (χ2v) is 3.96.